The molecule has 1 aliphatic rings. The minimum atomic E-state index is -4.01. The average Bonchev–Trinajstić information content (AvgIpc) is 2.66. The fourth-order valence-electron chi connectivity index (χ4n) is 2.85. The Balaban J connectivity index is 2.09. The van der Waals surface area contributed by atoms with E-state index in [1.807, 2.05) is 0 Å². The van der Waals surface area contributed by atoms with E-state index in [0.29, 0.717) is 25.1 Å². The maximum Gasteiger partial charge on any atom is 0.404 e. The van der Waals surface area contributed by atoms with Crippen molar-refractivity contribution in [2.24, 2.45) is 5.92 Å². The summed E-state index contributed by atoms with van der Waals surface area (Å²) in [6, 6.07) is 3.88. The first-order valence-electron chi connectivity index (χ1n) is 8.96. The summed E-state index contributed by atoms with van der Waals surface area (Å²) in [5.74, 6) is -0.0584. The zero-order valence-corrected chi connectivity index (χ0v) is 16.5. The molecule has 13 heteroatoms. The van der Waals surface area contributed by atoms with Crippen LogP contribution in [0.2, 0.25) is 0 Å². The van der Waals surface area contributed by atoms with E-state index < -0.39 is 16.1 Å². The molecule has 29 heavy (non-hydrogen) atoms. The van der Waals surface area contributed by atoms with Crippen LogP contribution in [0.1, 0.15) is 12.0 Å². The lowest BCUT2D eigenvalue weighted by Crippen LogP contribution is -2.54. The lowest BCUT2D eigenvalue weighted by molar-refractivity contribution is 0.178. The highest BCUT2D eigenvalue weighted by molar-refractivity contribution is 7.89. The van der Waals surface area contributed by atoms with Crippen LogP contribution in [0.3, 0.4) is 0 Å². The summed E-state index contributed by atoms with van der Waals surface area (Å²) in [6.07, 6.45) is -0.798. The summed E-state index contributed by atoms with van der Waals surface area (Å²) in [5, 5.41) is 26.8. The number of urea groups is 1. The van der Waals surface area contributed by atoms with Gasteiger partial charge in [-0.05, 0) is 24.1 Å². The first kappa shape index (κ1) is 22.7. The number of hydrogen-bond donors (Lipinski definition) is 7. The Morgan fingerprint density at radius 2 is 2.00 bits per heavy atom. The van der Waals surface area contributed by atoms with Gasteiger partial charge in [0.05, 0.1) is 12.3 Å². The van der Waals surface area contributed by atoms with Crippen molar-refractivity contribution in [2.75, 3.05) is 38.5 Å². The second-order valence-electron chi connectivity index (χ2n) is 6.61. The van der Waals surface area contributed by atoms with Crippen LogP contribution < -0.4 is 26.5 Å². The molecule has 0 unspecified atom stereocenters. The number of hydrazine groups is 1. The van der Waals surface area contributed by atoms with E-state index in [1.54, 1.807) is 0 Å². The van der Waals surface area contributed by atoms with Crippen molar-refractivity contribution < 1.29 is 28.2 Å². The zero-order chi connectivity index (χ0) is 21.4. The number of aliphatic hydroxyl groups excluding tert-OH is 1. The number of nitrogens with zero attached hydrogens (tertiary/aromatic N) is 1. The van der Waals surface area contributed by atoms with Crippen LogP contribution in [-0.4, -0.2) is 68.5 Å². The molecule has 3 amide bonds. The fourth-order valence-corrected chi connectivity index (χ4v) is 4.07. The summed E-state index contributed by atoms with van der Waals surface area (Å²) < 4.78 is 25.6. The van der Waals surface area contributed by atoms with Crippen molar-refractivity contribution >= 4 is 27.8 Å². The minimum Gasteiger partial charge on any atom is -0.465 e. The van der Waals surface area contributed by atoms with Gasteiger partial charge in [-0.1, -0.05) is 6.07 Å². The SMILES string of the molecule is Nc1cc(CO)ccc1S(=O)(=O)NN(CCCNC(=O)O)CC1CNC(=O)NC1. The number of nitrogens with two attached hydrogens (primary N) is 1. The Morgan fingerprint density at radius 1 is 1.31 bits per heavy atom. The van der Waals surface area contributed by atoms with Gasteiger partial charge in [0, 0.05) is 38.6 Å². The van der Waals surface area contributed by atoms with Gasteiger partial charge in [-0.2, -0.15) is 0 Å². The predicted octanol–water partition coefficient (Wildman–Crippen LogP) is -1.16. The van der Waals surface area contributed by atoms with E-state index in [9.17, 15) is 18.0 Å². The number of hydrogen-bond acceptors (Lipinski definition) is 7. The highest BCUT2D eigenvalue weighted by atomic mass is 32.2. The molecule has 1 heterocycles. The summed E-state index contributed by atoms with van der Waals surface area (Å²) in [4.78, 5) is 24.2. The summed E-state index contributed by atoms with van der Waals surface area (Å²) in [5.41, 5.74) is 6.32. The third-order valence-electron chi connectivity index (χ3n) is 4.26. The Bertz CT molecular complexity index is 823. The quantitative estimate of drug-likeness (QED) is 0.138. The lowest BCUT2D eigenvalue weighted by atomic mass is 10.1. The van der Waals surface area contributed by atoms with Gasteiger partial charge < -0.3 is 31.9 Å². The number of rotatable bonds is 10. The second-order valence-corrected chi connectivity index (χ2v) is 8.24. The third-order valence-corrected chi connectivity index (χ3v) is 5.71. The smallest absolute Gasteiger partial charge is 0.404 e. The van der Waals surface area contributed by atoms with E-state index in [2.05, 4.69) is 20.8 Å². The predicted molar refractivity (Wildman–Crippen MR) is 104 cm³/mol. The largest absolute Gasteiger partial charge is 0.465 e. The molecule has 0 aromatic heterocycles. The number of nitrogens with one attached hydrogen (secondary N) is 4. The fraction of sp³-hybridized carbons (Fsp3) is 0.500. The summed E-state index contributed by atoms with van der Waals surface area (Å²) >= 11 is 0. The number of aliphatic hydroxyl groups is 1. The number of carbonyl (C=O) groups is 2. The molecule has 8 N–H and O–H groups in total. The number of carboxylic acid groups (broad SMARTS) is 1. The molecule has 1 aromatic rings. The molecule has 0 radical (unpaired) electrons. The number of nitrogen functional groups attached to an aromatic ring is 1. The number of benzene rings is 1. The number of carbonyl (C=O) groups excluding carboxylic acids is 1. The molecule has 0 spiro atoms. The van der Waals surface area contributed by atoms with Crippen LogP contribution in [-0.2, 0) is 16.6 Å². The molecule has 1 fully saturated rings. The van der Waals surface area contributed by atoms with Gasteiger partial charge in [-0.3, -0.25) is 0 Å². The Labute approximate surface area is 168 Å². The Morgan fingerprint density at radius 3 is 2.59 bits per heavy atom. The molecule has 1 aliphatic heterocycles. The molecule has 162 valence electrons. The molecule has 0 atom stereocenters. The molecule has 1 saturated heterocycles. The molecule has 1 aromatic carbocycles. The second kappa shape index (κ2) is 10.2. The van der Waals surface area contributed by atoms with Gasteiger partial charge in [-0.25, -0.2) is 23.0 Å². The molecular formula is C16H26N6O6S. The van der Waals surface area contributed by atoms with Crippen molar-refractivity contribution in [3.05, 3.63) is 23.8 Å². The van der Waals surface area contributed by atoms with E-state index in [-0.39, 0.29) is 48.8 Å². The third kappa shape index (κ3) is 7.05. The highest BCUT2D eigenvalue weighted by Crippen LogP contribution is 2.20. The standard InChI is InChI=1S/C16H26N6O6S/c17-13-6-11(10-23)2-3-14(13)29(27,28)21-22(5-1-4-18-16(25)26)9-12-7-19-15(24)20-8-12/h2-3,6,12,18,21,23H,1,4-5,7-10,17H2,(H,25,26)(H2,19,20,24). The molecular weight excluding hydrogens is 404 g/mol. The van der Waals surface area contributed by atoms with Gasteiger partial charge >= 0.3 is 12.1 Å². The van der Waals surface area contributed by atoms with Gasteiger partial charge in [0.25, 0.3) is 10.0 Å². The van der Waals surface area contributed by atoms with Gasteiger partial charge in [0.15, 0.2) is 0 Å². The minimum absolute atomic E-state index is 0.00291. The Hall–Kier alpha value is -2.61. The van der Waals surface area contributed by atoms with E-state index in [0.717, 1.165) is 0 Å². The van der Waals surface area contributed by atoms with Crippen molar-refractivity contribution in [1.29, 1.82) is 0 Å². The molecule has 12 nitrogen and oxygen atoms in total. The molecule has 0 aliphatic carbocycles. The summed E-state index contributed by atoms with van der Waals surface area (Å²) in [6.45, 7) is 1.17. The maximum absolute atomic E-state index is 12.8. The first-order chi connectivity index (χ1) is 13.7. The van der Waals surface area contributed by atoms with Crippen LogP contribution in [0.25, 0.3) is 0 Å². The van der Waals surface area contributed by atoms with Gasteiger partial charge in [0.1, 0.15) is 4.90 Å². The average molecular weight is 430 g/mol. The maximum atomic E-state index is 12.8. The number of sulfonamides is 1. The van der Waals surface area contributed by atoms with E-state index >= 15 is 0 Å². The van der Waals surface area contributed by atoms with Crippen LogP contribution in [0.4, 0.5) is 15.3 Å². The van der Waals surface area contributed by atoms with Gasteiger partial charge in [-0.15, -0.1) is 4.83 Å². The first-order valence-corrected chi connectivity index (χ1v) is 10.4. The van der Waals surface area contributed by atoms with Crippen LogP contribution in [0, 0.1) is 5.92 Å². The highest BCUT2D eigenvalue weighted by Gasteiger charge is 2.25. The Kier molecular flexibility index (Phi) is 8.01. The van der Waals surface area contributed by atoms with Crippen molar-refractivity contribution in [2.45, 2.75) is 17.9 Å². The summed E-state index contributed by atoms with van der Waals surface area (Å²) in [7, 11) is -4.01. The van der Waals surface area contributed by atoms with Crippen LogP contribution in [0.15, 0.2) is 23.1 Å². The lowest BCUT2D eigenvalue weighted by Gasteiger charge is -2.30. The van der Waals surface area contributed by atoms with Crippen molar-refractivity contribution in [3.63, 3.8) is 0 Å². The zero-order valence-electron chi connectivity index (χ0n) is 15.7. The topological polar surface area (TPSA) is 186 Å². The van der Waals surface area contributed by atoms with E-state index in [4.69, 9.17) is 15.9 Å². The van der Waals surface area contributed by atoms with Crippen molar-refractivity contribution in [3.8, 4) is 0 Å². The number of amides is 3. The normalized spacial score (nSPS) is 15.0. The molecule has 2 rings (SSSR count). The van der Waals surface area contributed by atoms with Crippen LogP contribution >= 0.6 is 0 Å². The number of anilines is 1. The van der Waals surface area contributed by atoms with Crippen molar-refractivity contribution in [1.82, 2.24) is 25.8 Å². The van der Waals surface area contributed by atoms with Gasteiger partial charge in [0.2, 0.25) is 0 Å². The monoisotopic (exact) mass is 430 g/mol. The molecule has 0 saturated carbocycles. The molecule has 0 bridgehead atoms. The van der Waals surface area contributed by atoms with Crippen LogP contribution in [0.5, 0.6) is 0 Å². The van der Waals surface area contributed by atoms with E-state index in [1.165, 1.54) is 23.2 Å².